The number of hydrogen-bond donors (Lipinski definition) is 0. The van der Waals surface area contributed by atoms with Gasteiger partial charge in [0.1, 0.15) is 6.61 Å². The van der Waals surface area contributed by atoms with Gasteiger partial charge >= 0.3 is 0 Å². The summed E-state index contributed by atoms with van der Waals surface area (Å²) in [4.78, 5) is 37.6. The average Bonchev–Trinajstić information content (AvgIpc) is 3.53. The zero-order chi connectivity index (χ0) is 18.8. The molecule has 1 saturated carbocycles. The highest BCUT2D eigenvalue weighted by Gasteiger charge is 2.48. The molecule has 2 aliphatic rings. The fourth-order valence-electron chi connectivity index (χ4n) is 3.53. The van der Waals surface area contributed by atoms with E-state index < -0.39 is 12.1 Å². The highest BCUT2D eigenvalue weighted by molar-refractivity contribution is 5.86. The molecule has 3 heterocycles. The molecule has 7 nitrogen and oxygen atoms in total. The summed E-state index contributed by atoms with van der Waals surface area (Å²) in [5, 5.41) is 0. The Morgan fingerprint density at radius 1 is 1.26 bits per heavy atom. The number of morpholine rings is 1. The lowest BCUT2D eigenvalue weighted by Gasteiger charge is -2.41. The van der Waals surface area contributed by atoms with Crippen LogP contribution in [0.15, 0.2) is 48.9 Å². The molecule has 2 amide bonds. The number of likely N-dealkylation sites (N-methyl/N-ethyl adjacent to an activating group) is 1. The molecule has 7 heteroatoms. The van der Waals surface area contributed by atoms with Gasteiger partial charge < -0.3 is 14.5 Å². The average molecular weight is 366 g/mol. The van der Waals surface area contributed by atoms with Crippen LogP contribution in [0.2, 0.25) is 0 Å². The van der Waals surface area contributed by atoms with Gasteiger partial charge in [-0.15, -0.1) is 0 Å². The van der Waals surface area contributed by atoms with Gasteiger partial charge in [-0.2, -0.15) is 0 Å². The Morgan fingerprint density at radius 2 is 2.11 bits per heavy atom. The molecule has 2 fully saturated rings. The van der Waals surface area contributed by atoms with Crippen molar-refractivity contribution in [3.05, 3.63) is 60.2 Å². The smallest absolute Gasteiger partial charge is 0.254 e. The van der Waals surface area contributed by atoms with Crippen LogP contribution in [0.1, 0.15) is 30.1 Å². The third-order valence-electron chi connectivity index (χ3n) is 4.97. The van der Waals surface area contributed by atoms with Crippen molar-refractivity contribution in [2.75, 3.05) is 13.7 Å². The van der Waals surface area contributed by atoms with Crippen LogP contribution in [-0.2, 0) is 20.9 Å². The molecule has 2 aromatic heterocycles. The minimum atomic E-state index is -0.749. The van der Waals surface area contributed by atoms with E-state index >= 15 is 0 Å². The molecule has 0 bridgehead atoms. The first-order chi connectivity index (χ1) is 13.1. The molecular weight excluding hydrogens is 344 g/mol. The lowest BCUT2D eigenvalue weighted by molar-refractivity contribution is -0.170. The zero-order valence-corrected chi connectivity index (χ0v) is 15.2. The standard InChI is InChI=1S/C20H22N4O3/c1-23(12-15-6-2-3-10-22-15)20(26)19-18(14-5-4-9-21-11-14)24(16-7-8-16)17(25)13-27-19/h2-6,9-11,16,18-19H,7-8,12-13H2,1H3. The molecule has 0 radical (unpaired) electrons. The van der Waals surface area contributed by atoms with Gasteiger partial charge in [-0.1, -0.05) is 12.1 Å². The summed E-state index contributed by atoms with van der Waals surface area (Å²) >= 11 is 0. The van der Waals surface area contributed by atoms with Gasteiger partial charge in [-0.3, -0.25) is 19.6 Å². The van der Waals surface area contributed by atoms with Crippen LogP contribution >= 0.6 is 0 Å². The maximum atomic E-state index is 13.2. The van der Waals surface area contributed by atoms with Crippen molar-refractivity contribution in [1.82, 2.24) is 19.8 Å². The summed E-state index contributed by atoms with van der Waals surface area (Å²) in [5.74, 6) is -0.226. The second-order valence-corrected chi connectivity index (χ2v) is 7.01. The van der Waals surface area contributed by atoms with E-state index in [0.29, 0.717) is 6.54 Å². The maximum absolute atomic E-state index is 13.2. The number of pyridine rings is 2. The number of carbonyl (C=O) groups is 2. The topological polar surface area (TPSA) is 75.6 Å². The van der Waals surface area contributed by atoms with Gasteiger partial charge in [0, 0.05) is 31.7 Å². The second-order valence-electron chi connectivity index (χ2n) is 7.01. The van der Waals surface area contributed by atoms with E-state index in [1.165, 1.54) is 0 Å². The van der Waals surface area contributed by atoms with E-state index in [1.807, 2.05) is 35.2 Å². The minimum absolute atomic E-state index is 0.0669. The number of rotatable bonds is 5. The Labute approximate surface area is 158 Å². The molecule has 2 atom stereocenters. The van der Waals surface area contributed by atoms with Crippen LogP contribution in [-0.4, -0.2) is 57.4 Å². The molecular formula is C20H22N4O3. The van der Waals surface area contributed by atoms with Crippen LogP contribution in [0.5, 0.6) is 0 Å². The SMILES string of the molecule is CN(Cc1ccccn1)C(=O)C1OCC(=O)N(C2CC2)C1c1cccnc1. The van der Waals surface area contributed by atoms with Crippen molar-refractivity contribution in [2.45, 2.75) is 37.6 Å². The first-order valence-electron chi connectivity index (χ1n) is 9.12. The predicted octanol–water partition coefficient (Wildman–Crippen LogP) is 1.57. The van der Waals surface area contributed by atoms with Crippen molar-refractivity contribution in [3.63, 3.8) is 0 Å². The monoisotopic (exact) mass is 366 g/mol. The number of hydrogen-bond acceptors (Lipinski definition) is 5. The molecule has 27 heavy (non-hydrogen) atoms. The van der Waals surface area contributed by atoms with E-state index in [4.69, 9.17) is 4.74 Å². The quantitative estimate of drug-likeness (QED) is 0.803. The van der Waals surface area contributed by atoms with Gasteiger partial charge in [0.05, 0.1) is 18.3 Å². The van der Waals surface area contributed by atoms with Crippen molar-refractivity contribution >= 4 is 11.8 Å². The van der Waals surface area contributed by atoms with E-state index in [9.17, 15) is 9.59 Å². The van der Waals surface area contributed by atoms with E-state index in [1.54, 1.807) is 30.5 Å². The molecule has 1 aliphatic carbocycles. The Bertz CT molecular complexity index is 810. The van der Waals surface area contributed by atoms with Crippen molar-refractivity contribution in [2.24, 2.45) is 0 Å². The van der Waals surface area contributed by atoms with Gasteiger partial charge in [0.25, 0.3) is 5.91 Å². The van der Waals surface area contributed by atoms with Gasteiger partial charge in [0.2, 0.25) is 5.91 Å². The van der Waals surface area contributed by atoms with E-state index in [2.05, 4.69) is 9.97 Å². The summed E-state index contributed by atoms with van der Waals surface area (Å²) in [7, 11) is 1.73. The Balaban J connectivity index is 1.60. The Hall–Kier alpha value is -2.80. The Kier molecular flexibility index (Phi) is 4.85. The molecule has 1 aliphatic heterocycles. The van der Waals surface area contributed by atoms with Crippen molar-refractivity contribution in [1.29, 1.82) is 0 Å². The number of amides is 2. The van der Waals surface area contributed by atoms with E-state index in [0.717, 1.165) is 24.1 Å². The minimum Gasteiger partial charge on any atom is -0.356 e. The van der Waals surface area contributed by atoms with Gasteiger partial charge in [-0.25, -0.2) is 0 Å². The lowest BCUT2D eigenvalue weighted by Crippen LogP contribution is -2.55. The largest absolute Gasteiger partial charge is 0.356 e. The number of carbonyl (C=O) groups excluding carboxylic acids is 2. The summed E-state index contributed by atoms with van der Waals surface area (Å²) in [6.07, 6.45) is 6.28. The van der Waals surface area contributed by atoms with Gasteiger partial charge in [0.15, 0.2) is 6.10 Å². The summed E-state index contributed by atoms with van der Waals surface area (Å²) in [6.45, 7) is 0.317. The summed E-state index contributed by atoms with van der Waals surface area (Å²) < 4.78 is 5.76. The third-order valence-corrected chi connectivity index (χ3v) is 4.97. The van der Waals surface area contributed by atoms with Gasteiger partial charge in [-0.05, 0) is 36.6 Å². The van der Waals surface area contributed by atoms with Crippen LogP contribution in [0, 0.1) is 0 Å². The highest BCUT2D eigenvalue weighted by Crippen LogP contribution is 2.39. The van der Waals surface area contributed by atoms with Crippen LogP contribution in [0.4, 0.5) is 0 Å². The molecule has 140 valence electrons. The maximum Gasteiger partial charge on any atom is 0.254 e. The number of aromatic nitrogens is 2. The van der Waals surface area contributed by atoms with Crippen LogP contribution in [0.3, 0.4) is 0 Å². The van der Waals surface area contributed by atoms with Crippen molar-refractivity contribution in [3.8, 4) is 0 Å². The lowest BCUT2D eigenvalue weighted by atomic mass is 9.97. The fourth-order valence-corrected chi connectivity index (χ4v) is 3.53. The first kappa shape index (κ1) is 17.6. The summed E-state index contributed by atoms with van der Waals surface area (Å²) in [5.41, 5.74) is 1.62. The molecule has 2 aromatic rings. The molecule has 0 spiro atoms. The third kappa shape index (κ3) is 3.68. The normalized spacial score (nSPS) is 22.6. The van der Waals surface area contributed by atoms with E-state index in [-0.39, 0.29) is 24.5 Å². The first-order valence-corrected chi connectivity index (χ1v) is 9.12. The molecule has 2 unspecified atom stereocenters. The molecule has 0 N–H and O–H groups in total. The predicted molar refractivity (Wildman–Crippen MR) is 97.3 cm³/mol. The van der Waals surface area contributed by atoms with Crippen LogP contribution in [0.25, 0.3) is 0 Å². The second kappa shape index (κ2) is 7.44. The Morgan fingerprint density at radius 3 is 2.78 bits per heavy atom. The number of ether oxygens (including phenoxy) is 1. The molecule has 1 saturated heterocycles. The van der Waals surface area contributed by atoms with Crippen molar-refractivity contribution < 1.29 is 14.3 Å². The number of nitrogens with zero attached hydrogens (tertiary/aromatic N) is 4. The molecule has 0 aromatic carbocycles. The zero-order valence-electron chi connectivity index (χ0n) is 15.2. The fraction of sp³-hybridized carbons (Fsp3) is 0.400. The molecule has 4 rings (SSSR count). The highest BCUT2D eigenvalue weighted by atomic mass is 16.5. The van der Waals surface area contributed by atoms with Crippen LogP contribution < -0.4 is 0 Å². The summed E-state index contributed by atoms with van der Waals surface area (Å²) in [6, 6.07) is 9.06.